The second-order valence-electron chi connectivity index (χ2n) is 10.5. The topological polar surface area (TPSA) is 49.9 Å². The number of piperidine rings is 1. The van der Waals surface area contributed by atoms with E-state index < -0.39 is 11.7 Å². The molecule has 0 unspecified atom stereocenters. The van der Waals surface area contributed by atoms with E-state index in [-0.39, 0.29) is 17.9 Å². The van der Waals surface area contributed by atoms with Gasteiger partial charge < -0.3 is 4.74 Å². The van der Waals surface area contributed by atoms with E-state index in [1.807, 2.05) is 75.4 Å². The summed E-state index contributed by atoms with van der Waals surface area (Å²) < 4.78 is 5.59. The number of nitrogens with zero attached hydrogens (tertiary/aromatic N) is 2. The molecular formula is C31H36N2O3. The summed E-state index contributed by atoms with van der Waals surface area (Å²) in [6.45, 7) is 7.28. The fourth-order valence-corrected chi connectivity index (χ4v) is 4.89. The quantitative estimate of drug-likeness (QED) is 0.408. The molecule has 1 aliphatic heterocycles. The Morgan fingerprint density at radius 2 is 1.31 bits per heavy atom. The Bertz CT molecular complexity index is 1090. The Labute approximate surface area is 214 Å². The van der Waals surface area contributed by atoms with Crippen molar-refractivity contribution in [2.45, 2.75) is 58.3 Å². The zero-order chi connectivity index (χ0) is 25.5. The smallest absolute Gasteiger partial charge is 0.417 e. The number of ether oxygens (including phenoxy) is 1. The normalized spacial score (nSPS) is 18.3. The fourth-order valence-electron chi connectivity index (χ4n) is 4.89. The zero-order valence-corrected chi connectivity index (χ0v) is 21.5. The van der Waals surface area contributed by atoms with Crippen LogP contribution in [-0.2, 0) is 29.0 Å². The van der Waals surface area contributed by atoms with E-state index in [9.17, 15) is 9.59 Å². The first-order valence-electron chi connectivity index (χ1n) is 12.7. The van der Waals surface area contributed by atoms with E-state index in [1.165, 1.54) is 16.0 Å². The van der Waals surface area contributed by atoms with Crippen LogP contribution in [0.5, 0.6) is 0 Å². The molecule has 2 atom stereocenters. The van der Waals surface area contributed by atoms with Gasteiger partial charge in [0.15, 0.2) is 0 Å². The van der Waals surface area contributed by atoms with Gasteiger partial charge in [-0.05, 0) is 50.3 Å². The SMILES string of the molecule is CC(C)(C)OC(=O)N1CC[C@H](N(Cc2ccccc2)Cc2ccccc2)[C@@H](Cc2ccccc2)C1=O. The maximum Gasteiger partial charge on any atom is 0.417 e. The van der Waals surface area contributed by atoms with Gasteiger partial charge in [0.1, 0.15) is 5.60 Å². The van der Waals surface area contributed by atoms with Crippen LogP contribution in [0.3, 0.4) is 0 Å². The molecule has 3 aromatic rings. The summed E-state index contributed by atoms with van der Waals surface area (Å²) in [7, 11) is 0. The lowest BCUT2D eigenvalue weighted by Crippen LogP contribution is -2.56. The molecule has 4 rings (SSSR count). The zero-order valence-electron chi connectivity index (χ0n) is 21.5. The molecule has 5 heteroatoms. The summed E-state index contributed by atoms with van der Waals surface area (Å²) in [5.74, 6) is -0.517. The molecule has 0 saturated carbocycles. The van der Waals surface area contributed by atoms with E-state index in [0.29, 0.717) is 19.4 Å². The van der Waals surface area contributed by atoms with E-state index in [2.05, 4.69) is 41.3 Å². The Hall–Kier alpha value is -3.44. The summed E-state index contributed by atoms with van der Waals surface area (Å²) in [6, 6.07) is 30.8. The molecule has 0 spiro atoms. The lowest BCUT2D eigenvalue weighted by molar-refractivity contribution is -0.141. The molecule has 1 fully saturated rings. The standard InChI is InChI=1S/C31H36N2O3/c1-31(2,3)36-30(35)33-20-19-28(27(29(33)34)21-24-13-7-4-8-14-24)32(22-25-15-9-5-10-16-25)23-26-17-11-6-12-18-26/h4-18,27-28H,19-23H2,1-3H3/t27-,28+/m1/s1. The van der Waals surface area contributed by atoms with Gasteiger partial charge in [0.05, 0.1) is 5.92 Å². The van der Waals surface area contributed by atoms with E-state index >= 15 is 0 Å². The third-order valence-corrected chi connectivity index (χ3v) is 6.53. The van der Waals surface area contributed by atoms with Gasteiger partial charge in [-0.25, -0.2) is 9.69 Å². The summed E-state index contributed by atoms with van der Waals surface area (Å²) in [4.78, 5) is 30.5. The number of likely N-dealkylation sites (tertiary alicyclic amines) is 1. The minimum atomic E-state index is -0.657. The maximum atomic E-state index is 13.9. The first-order chi connectivity index (χ1) is 17.3. The Morgan fingerprint density at radius 1 is 0.833 bits per heavy atom. The van der Waals surface area contributed by atoms with Crippen molar-refractivity contribution in [2.24, 2.45) is 5.92 Å². The van der Waals surface area contributed by atoms with Crippen LogP contribution in [-0.4, -0.2) is 40.0 Å². The number of hydrogen-bond acceptors (Lipinski definition) is 4. The van der Waals surface area contributed by atoms with Gasteiger partial charge in [-0.3, -0.25) is 9.69 Å². The highest BCUT2D eigenvalue weighted by atomic mass is 16.6. The average Bonchev–Trinajstić information content (AvgIpc) is 2.86. The second-order valence-corrected chi connectivity index (χ2v) is 10.5. The van der Waals surface area contributed by atoms with Crippen LogP contribution < -0.4 is 0 Å². The fraction of sp³-hybridized carbons (Fsp3) is 0.355. The number of rotatable bonds is 7. The predicted molar refractivity (Wildman–Crippen MR) is 142 cm³/mol. The number of hydrogen-bond donors (Lipinski definition) is 0. The molecule has 1 heterocycles. The minimum Gasteiger partial charge on any atom is -0.443 e. The van der Waals surface area contributed by atoms with Gasteiger partial charge in [0.25, 0.3) is 0 Å². The molecule has 0 aliphatic carbocycles. The van der Waals surface area contributed by atoms with Crippen molar-refractivity contribution >= 4 is 12.0 Å². The van der Waals surface area contributed by atoms with Crippen LogP contribution in [0.1, 0.15) is 43.9 Å². The lowest BCUT2D eigenvalue weighted by Gasteiger charge is -2.43. The molecule has 36 heavy (non-hydrogen) atoms. The molecule has 5 nitrogen and oxygen atoms in total. The first-order valence-corrected chi connectivity index (χ1v) is 12.7. The number of carbonyl (C=O) groups excluding carboxylic acids is 2. The third kappa shape index (κ3) is 6.82. The minimum absolute atomic E-state index is 0.0168. The van der Waals surface area contributed by atoms with Crippen LogP contribution in [0.2, 0.25) is 0 Å². The number of carbonyl (C=O) groups is 2. The number of imide groups is 1. The lowest BCUT2D eigenvalue weighted by atomic mass is 9.84. The van der Waals surface area contributed by atoms with Crippen molar-refractivity contribution in [3.05, 3.63) is 108 Å². The van der Waals surface area contributed by atoms with Crippen LogP contribution in [0.15, 0.2) is 91.0 Å². The summed E-state index contributed by atoms with van der Waals surface area (Å²) >= 11 is 0. The molecule has 1 aliphatic rings. The van der Waals surface area contributed by atoms with Crippen molar-refractivity contribution in [2.75, 3.05) is 6.54 Å². The van der Waals surface area contributed by atoms with Gasteiger partial charge in [-0.2, -0.15) is 0 Å². The van der Waals surface area contributed by atoms with Crippen molar-refractivity contribution in [1.29, 1.82) is 0 Å². The van der Waals surface area contributed by atoms with E-state index in [4.69, 9.17) is 4.74 Å². The molecule has 0 aromatic heterocycles. The van der Waals surface area contributed by atoms with Gasteiger partial charge >= 0.3 is 6.09 Å². The van der Waals surface area contributed by atoms with Crippen molar-refractivity contribution in [3.8, 4) is 0 Å². The average molecular weight is 485 g/mol. The molecule has 188 valence electrons. The molecule has 1 saturated heterocycles. The van der Waals surface area contributed by atoms with Crippen LogP contribution >= 0.6 is 0 Å². The summed E-state index contributed by atoms with van der Waals surface area (Å²) in [6.07, 6.45) is 0.716. The van der Waals surface area contributed by atoms with E-state index in [1.54, 1.807) is 0 Å². The molecule has 0 N–H and O–H groups in total. The monoisotopic (exact) mass is 484 g/mol. The van der Waals surface area contributed by atoms with Gasteiger partial charge in [0.2, 0.25) is 5.91 Å². The van der Waals surface area contributed by atoms with Crippen molar-refractivity contribution in [1.82, 2.24) is 9.80 Å². The number of benzene rings is 3. The molecule has 0 bridgehead atoms. The maximum absolute atomic E-state index is 13.9. The van der Waals surface area contributed by atoms with Gasteiger partial charge in [-0.15, -0.1) is 0 Å². The van der Waals surface area contributed by atoms with Gasteiger partial charge in [0, 0.05) is 25.7 Å². The molecule has 3 aromatic carbocycles. The Balaban J connectivity index is 1.66. The molecule has 2 amide bonds. The molecular weight excluding hydrogens is 448 g/mol. The highest BCUT2D eigenvalue weighted by molar-refractivity contribution is 5.94. The first kappa shape index (κ1) is 25.6. The largest absolute Gasteiger partial charge is 0.443 e. The van der Waals surface area contributed by atoms with Gasteiger partial charge in [-0.1, -0.05) is 91.0 Å². The highest BCUT2D eigenvalue weighted by Gasteiger charge is 2.43. The van der Waals surface area contributed by atoms with Crippen molar-refractivity contribution < 1.29 is 14.3 Å². The molecule has 0 radical (unpaired) electrons. The summed E-state index contributed by atoms with van der Waals surface area (Å²) in [5, 5.41) is 0. The van der Waals surface area contributed by atoms with Crippen molar-refractivity contribution in [3.63, 3.8) is 0 Å². The Morgan fingerprint density at radius 3 is 1.78 bits per heavy atom. The second kappa shape index (κ2) is 11.5. The number of amides is 2. The third-order valence-electron chi connectivity index (χ3n) is 6.53. The highest BCUT2D eigenvalue weighted by Crippen LogP contribution is 2.30. The van der Waals surface area contributed by atoms with E-state index in [0.717, 1.165) is 18.7 Å². The predicted octanol–water partition coefficient (Wildman–Crippen LogP) is 6.08. The van der Waals surface area contributed by atoms with Crippen LogP contribution in [0.25, 0.3) is 0 Å². The van der Waals surface area contributed by atoms with Crippen LogP contribution in [0, 0.1) is 5.92 Å². The Kier molecular flexibility index (Phi) is 8.21. The summed E-state index contributed by atoms with van der Waals surface area (Å²) in [5.41, 5.74) is 2.84. The van der Waals surface area contributed by atoms with Crippen LogP contribution in [0.4, 0.5) is 4.79 Å².